The molecule has 1 heterocycles. The summed E-state index contributed by atoms with van der Waals surface area (Å²) in [4.78, 5) is 17.4. The zero-order valence-electron chi connectivity index (χ0n) is 19.7. The second kappa shape index (κ2) is 12.5. The highest BCUT2D eigenvalue weighted by Crippen LogP contribution is 2.19. The lowest BCUT2D eigenvalue weighted by Crippen LogP contribution is -2.40. The maximum Gasteiger partial charge on any atom is 0.322 e. The molecule has 174 valence electrons. The molecule has 1 aliphatic heterocycles. The number of hydrogen-bond acceptors (Lipinski definition) is 4. The van der Waals surface area contributed by atoms with E-state index in [1.807, 2.05) is 48.2 Å². The summed E-state index contributed by atoms with van der Waals surface area (Å²) in [5.74, 6) is 1.32. The van der Waals surface area contributed by atoms with Crippen LogP contribution in [-0.4, -0.2) is 61.8 Å². The predicted octanol–water partition coefficient (Wildman–Crippen LogP) is 4.97. The summed E-state index contributed by atoms with van der Waals surface area (Å²) in [6.45, 7) is 12.7. The van der Waals surface area contributed by atoms with Crippen LogP contribution in [0.15, 0.2) is 48.5 Å². The van der Waals surface area contributed by atoms with Crippen molar-refractivity contribution in [2.45, 2.75) is 39.7 Å². The number of nitrogens with one attached hydrogen (secondary N) is 1. The average molecular weight is 440 g/mol. The van der Waals surface area contributed by atoms with Crippen LogP contribution in [0.5, 0.6) is 5.75 Å². The van der Waals surface area contributed by atoms with Gasteiger partial charge >= 0.3 is 6.03 Å². The molecule has 6 nitrogen and oxygen atoms in total. The summed E-state index contributed by atoms with van der Waals surface area (Å²) in [5, 5.41) is 3.08. The molecule has 1 saturated heterocycles. The zero-order chi connectivity index (χ0) is 22.8. The fourth-order valence-electron chi connectivity index (χ4n) is 3.79. The summed E-state index contributed by atoms with van der Waals surface area (Å²) in [5.41, 5.74) is 3.18. The highest BCUT2D eigenvalue weighted by atomic mass is 16.5. The maximum absolute atomic E-state index is 13.1. The molecular formula is C26H37N3O3. The average Bonchev–Trinajstić information content (AvgIpc) is 2.81. The van der Waals surface area contributed by atoms with E-state index in [0.29, 0.717) is 25.6 Å². The van der Waals surface area contributed by atoms with Crippen molar-refractivity contribution in [3.05, 3.63) is 59.7 Å². The van der Waals surface area contributed by atoms with Crippen LogP contribution in [0.4, 0.5) is 10.5 Å². The first-order chi connectivity index (χ1) is 15.5. The van der Waals surface area contributed by atoms with E-state index in [2.05, 4.69) is 36.2 Å². The summed E-state index contributed by atoms with van der Waals surface area (Å²) in [6.07, 6.45) is 0.927. The van der Waals surface area contributed by atoms with Crippen molar-refractivity contribution >= 4 is 11.7 Å². The molecule has 1 fully saturated rings. The number of rotatable bonds is 10. The van der Waals surface area contributed by atoms with Gasteiger partial charge in [-0.15, -0.1) is 0 Å². The second-order valence-electron chi connectivity index (χ2n) is 8.51. The van der Waals surface area contributed by atoms with Crippen molar-refractivity contribution < 1.29 is 14.3 Å². The lowest BCUT2D eigenvalue weighted by molar-refractivity contribution is 0.0365. The second-order valence-corrected chi connectivity index (χ2v) is 8.51. The Labute approximate surface area is 192 Å². The normalized spacial score (nSPS) is 14.4. The molecule has 6 heteroatoms. The Morgan fingerprint density at radius 2 is 1.78 bits per heavy atom. The van der Waals surface area contributed by atoms with Crippen LogP contribution in [0.3, 0.4) is 0 Å². The molecule has 0 radical (unpaired) electrons. The third-order valence-corrected chi connectivity index (χ3v) is 5.73. The number of carbonyl (C=O) groups is 1. The summed E-state index contributed by atoms with van der Waals surface area (Å²) < 4.78 is 11.0. The summed E-state index contributed by atoms with van der Waals surface area (Å²) in [7, 11) is 0. The van der Waals surface area contributed by atoms with Gasteiger partial charge in [0, 0.05) is 38.4 Å². The minimum absolute atomic E-state index is 0.0711. The molecule has 0 aliphatic carbocycles. The van der Waals surface area contributed by atoms with Gasteiger partial charge in [-0.25, -0.2) is 4.79 Å². The number of carbonyl (C=O) groups excluding carboxylic acids is 1. The Morgan fingerprint density at radius 1 is 1.09 bits per heavy atom. The molecule has 0 saturated carbocycles. The Hall–Kier alpha value is -2.57. The summed E-state index contributed by atoms with van der Waals surface area (Å²) >= 11 is 0. The molecule has 1 aliphatic rings. The Kier molecular flexibility index (Phi) is 9.38. The van der Waals surface area contributed by atoms with Gasteiger partial charge in [-0.05, 0) is 54.7 Å². The van der Waals surface area contributed by atoms with Gasteiger partial charge < -0.3 is 19.7 Å². The monoisotopic (exact) mass is 439 g/mol. The van der Waals surface area contributed by atoms with Crippen LogP contribution in [-0.2, 0) is 11.3 Å². The van der Waals surface area contributed by atoms with Crippen molar-refractivity contribution in [1.82, 2.24) is 9.80 Å². The SMILES string of the molecule is CCOc1ccc(CN(CCCN2CCOCC2)C(=O)Nc2ccc(C(C)C)cc2)cc1. The quantitative estimate of drug-likeness (QED) is 0.568. The Morgan fingerprint density at radius 3 is 2.41 bits per heavy atom. The molecular weight excluding hydrogens is 402 g/mol. The van der Waals surface area contributed by atoms with Gasteiger partial charge in [0.25, 0.3) is 0 Å². The maximum atomic E-state index is 13.1. The first-order valence-electron chi connectivity index (χ1n) is 11.7. The van der Waals surface area contributed by atoms with E-state index in [1.54, 1.807) is 0 Å². The largest absolute Gasteiger partial charge is 0.494 e. The third kappa shape index (κ3) is 7.53. The number of anilines is 1. The predicted molar refractivity (Wildman–Crippen MR) is 129 cm³/mol. The molecule has 0 unspecified atom stereocenters. The van der Waals surface area contributed by atoms with E-state index in [4.69, 9.17) is 9.47 Å². The van der Waals surface area contributed by atoms with Crippen molar-refractivity contribution in [2.75, 3.05) is 51.3 Å². The van der Waals surface area contributed by atoms with E-state index in [0.717, 1.165) is 56.3 Å². The van der Waals surface area contributed by atoms with Crippen molar-refractivity contribution in [1.29, 1.82) is 0 Å². The van der Waals surface area contributed by atoms with Crippen LogP contribution in [0.25, 0.3) is 0 Å². The lowest BCUT2D eigenvalue weighted by atomic mass is 10.0. The lowest BCUT2D eigenvalue weighted by Gasteiger charge is -2.28. The highest BCUT2D eigenvalue weighted by Gasteiger charge is 2.16. The first-order valence-corrected chi connectivity index (χ1v) is 11.7. The van der Waals surface area contributed by atoms with Gasteiger partial charge in [-0.3, -0.25) is 4.90 Å². The third-order valence-electron chi connectivity index (χ3n) is 5.73. The smallest absolute Gasteiger partial charge is 0.322 e. The minimum atomic E-state index is -0.0711. The molecule has 0 atom stereocenters. The van der Waals surface area contributed by atoms with Gasteiger partial charge in [-0.1, -0.05) is 38.1 Å². The van der Waals surface area contributed by atoms with Gasteiger partial charge in [0.15, 0.2) is 0 Å². The molecule has 0 spiro atoms. The molecule has 2 aromatic rings. The van der Waals surface area contributed by atoms with Gasteiger partial charge in [-0.2, -0.15) is 0 Å². The molecule has 32 heavy (non-hydrogen) atoms. The van der Waals surface area contributed by atoms with Gasteiger partial charge in [0.2, 0.25) is 0 Å². The van der Waals surface area contributed by atoms with Crippen molar-refractivity contribution in [3.63, 3.8) is 0 Å². The number of hydrogen-bond donors (Lipinski definition) is 1. The molecule has 3 rings (SSSR count). The number of benzene rings is 2. The Bertz CT molecular complexity index is 815. The Balaban J connectivity index is 1.62. The highest BCUT2D eigenvalue weighted by molar-refractivity contribution is 5.89. The van der Waals surface area contributed by atoms with Crippen LogP contribution in [0.1, 0.15) is 44.2 Å². The van der Waals surface area contributed by atoms with E-state index < -0.39 is 0 Å². The topological polar surface area (TPSA) is 54.0 Å². The van der Waals surface area contributed by atoms with E-state index in [9.17, 15) is 4.79 Å². The molecule has 0 aromatic heterocycles. The van der Waals surface area contributed by atoms with Crippen LogP contribution in [0, 0.1) is 0 Å². The van der Waals surface area contributed by atoms with Crippen LogP contribution < -0.4 is 10.1 Å². The molecule has 1 N–H and O–H groups in total. The van der Waals surface area contributed by atoms with Gasteiger partial charge in [0.05, 0.1) is 19.8 Å². The number of ether oxygens (including phenoxy) is 2. The van der Waals surface area contributed by atoms with Gasteiger partial charge in [0.1, 0.15) is 5.75 Å². The molecule has 0 bridgehead atoms. The van der Waals surface area contributed by atoms with Crippen LogP contribution >= 0.6 is 0 Å². The number of morpholine rings is 1. The van der Waals surface area contributed by atoms with Crippen LogP contribution in [0.2, 0.25) is 0 Å². The van der Waals surface area contributed by atoms with E-state index >= 15 is 0 Å². The minimum Gasteiger partial charge on any atom is -0.494 e. The van der Waals surface area contributed by atoms with Crippen molar-refractivity contribution in [2.24, 2.45) is 0 Å². The van der Waals surface area contributed by atoms with E-state index in [1.165, 1.54) is 5.56 Å². The first kappa shape index (κ1) is 24.1. The fraction of sp³-hybridized carbons (Fsp3) is 0.500. The number of urea groups is 1. The molecule has 2 amide bonds. The zero-order valence-corrected chi connectivity index (χ0v) is 19.7. The van der Waals surface area contributed by atoms with E-state index in [-0.39, 0.29) is 6.03 Å². The molecule has 2 aromatic carbocycles. The van der Waals surface area contributed by atoms with Crippen molar-refractivity contribution in [3.8, 4) is 5.75 Å². The summed E-state index contributed by atoms with van der Waals surface area (Å²) in [6, 6.07) is 16.0. The number of nitrogens with zero attached hydrogens (tertiary/aromatic N) is 2. The fourth-order valence-corrected chi connectivity index (χ4v) is 3.79. The number of amides is 2. The standard InChI is InChI=1S/C26H37N3O3/c1-4-32-25-12-6-22(7-13-25)20-29(15-5-14-28-16-18-31-19-17-28)26(30)27-24-10-8-23(9-11-24)21(2)3/h6-13,21H,4-5,14-20H2,1-3H3,(H,27,30).